The van der Waals surface area contributed by atoms with Gasteiger partial charge < -0.3 is 20.1 Å². The normalized spacial score (nSPS) is 9.85. The SMILES string of the molecule is O=C([O-])CCc1ccc(O)cc1O. The quantitative estimate of drug-likeness (QED) is 0.675. The summed E-state index contributed by atoms with van der Waals surface area (Å²) in [6, 6.07) is 4.04. The average molecular weight is 181 g/mol. The van der Waals surface area contributed by atoms with Crippen molar-refractivity contribution in [1.82, 2.24) is 0 Å². The number of carbonyl (C=O) groups excluding carboxylic acids is 1. The molecule has 0 bridgehead atoms. The van der Waals surface area contributed by atoms with Crippen LogP contribution in [-0.4, -0.2) is 16.2 Å². The molecule has 1 rings (SSSR count). The van der Waals surface area contributed by atoms with Gasteiger partial charge in [-0.3, -0.25) is 0 Å². The van der Waals surface area contributed by atoms with E-state index in [-0.39, 0.29) is 24.3 Å². The molecule has 70 valence electrons. The molecular weight excluding hydrogens is 172 g/mol. The Balaban J connectivity index is 2.72. The Kier molecular flexibility index (Phi) is 2.74. The second kappa shape index (κ2) is 3.80. The van der Waals surface area contributed by atoms with Crippen LogP contribution in [0.25, 0.3) is 0 Å². The molecule has 0 amide bonds. The lowest BCUT2D eigenvalue weighted by Gasteiger charge is -2.05. The fourth-order valence-electron chi connectivity index (χ4n) is 1.00. The number of carbonyl (C=O) groups is 1. The maximum absolute atomic E-state index is 10.1. The van der Waals surface area contributed by atoms with Gasteiger partial charge in [0.25, 0.3) is 0 Å². The predicted octanol–water partition coefficient (Wildman–Crippen LogP) is -0.220. The minimum Gasteiger partial charge on any atom is -0.550 e. The monoisotopic (exact) mass is 181 g/mol. The number of carboxylic acids is 1. The molecule has 0 unspecified atom stereocenters. The van der Waals surface area contributed by atoms with Crippen molar-refractivity contribution in [3.8, 4) is 11.5 Å². The standard InChI is InChI=1S/C9H10O4/c10-7-3-1-6(8(11)5-7)2-4-9(12)13/h1,3,5,10-11H,2,4H2,(H,12,13)/p-1. The van der Waals surface area contributed by atoms with Gasteiger partial charge in [-0.25, -0.2) is 0 Å². The Bertz CT molecular complexity index is 319. The van der Waals surface area contributed by atoms with Crippen LogP contribution in [0.2, 0.25) is 0 Å². The number of carboxylic acid groups (broad SMARTS) is 1. The Hall–Kier alpha value is -1.71. The summed E-state index contributed by atoms with van der Waals surface area (Å²) in [5, 5.41) is 28.3. The van der Waals surface area contributed by atoms with Gasteiger partial charge in [0, 0.05) is 12.0 Å². The highest BCUT2D eigenvalue weighted by Crippen LogP contribution is 2.23. The lowest BCUT2D eigenvalue weighted by molar-refractivity contribution is -0.305. The van der Waals surface area contributed by atoms with E-state index in [4.69, 9.17) is 5.11 Å². The summed E-state index contributed by atoms with van der Waals surface area (Å²) in [5.74, 6) is -1.30. The first-order chi connectivity index (χ1) is 6.09. The van der Waals surface area contributed by atoms with Crippen LogP contribution in [0.1, 0.15) is 12.0 Å². The van der Waals surface area contributed by atoms with Crippen molar-refractivity contribution in [1.29, 1.82) is 0 Å². The maximum Gasteiger partial charge on any atom is 0.122 e. The van der Waals surface area contributed by atoms with Gasteiger partial charge in [-0.1, -0.05) is 6.07 Å². The number of hydrogen-bond donors (Lipinski definition) is 2. The smallest absolute Gasteiger partial charge is 0.122 e. The largest absolute Gasteiger partial charge is 0.550 e. The van der Waals surface area contributed by atoms with Gasteiger partial charge >= 0.3 is 0 Å². The Labute approximate surface area is 75.1 Å². The number of benzene rings is 1. The van der Waals surface area contributed by atoms with Crippen LogP contribution in [0.4, 0.5) is 0 Å². The second-order valence-electron chi connectivity index (χ2n) is 2.69. The molecule has 13 heavy (non-hydrogen) atoms. The van der Waals surface area contributed by atoms with E-state index in [1.54, 1.807) is 0 Å². The number of hydrogen-bond acceptors (Lipinski definition) is 4. The number of rotatable bonds is 3. The lowest BCUT2D eigenvalue weighted by Crippen LogP contribution is -2.22. The molecule has 1 aromatic carbocycles. The highest BCUT2D eigenvalue weighted by Gasteiger charge is 2.01. The van der Waals surface area contributed by atoms with Crippen LogP contribution in [0, 0.1) is 0 Å². The number of aromatic hydroxyl groups is 2. The molecule has 0 saturated carbocycles. The van der Waals surface area contributed by atoms with E-state index in [0.717, 1.165) is 0 Å². The molecule has 4 nitrogen and oxygen atoms in total. The van der Waals surface area contributed by atoms with Crippen molar-refractivity contribution in [2.24, 2.45) is 0 Å². The van der Waals surface area contributed by atoms with Crippen molar-refractivity contribution < 1.29 is 20.1 Å². The minimum absolute atomic E-state index is 0.0466. The number of aryl methyl sites for hydroxylation is 1. The van der Waals surface area contributed by atoms with Crippen LogP contribution in [0.3, 0.4) is 0 Å². The minimum atomic E-state index is -1.16. The van der Waals surface area contributed by atoms with Gasteiger partial charge in [-0.15, -0.1) is 0 Å². The zero-order valence-electron chi connectivity index (χ0n) is 6.86. The van der Waals surface area contributed by atoms with Gasteiger partial charge in [0.1, 0.15) is 11.5 Å². The molecule has 4 heteroatoms. The third-order valence-electron chi connectivity index (χ3n) is 1.67. The van der Waals surface area contributed by atoms with Crippen molar-refractivity contribution in [2.45, 2.75) is 12.8 Å². The van der Waals surface area contributed by atoms with Gasteiger partial charge in [-0.2, -0.15) is 0 Å². The van der Waals surface area contributed by atoms with E-state index >= 15 is 0 Å². The van der Waals surface area contributed by atoms with E-state index in [2.05, 4.69) is 0 Å². The zero-order valence-corrected chi connectivity index (χ0v) is 6.86. The van der Waals surface area contributed by atoms with E-state index in [1.807, 2.05) is 0 Å². The van der Waals surface area contributed by atoms with E-state index < -0.39 is 5.97 Å². The molecule has 0 fully saturated rings. The Morgan fingerprint density at radius 1 is 1.38 bits per heavy atom. The van der Waals surface area contributed by atoms with Crippen LogP contribution < -0.4 is 5.11 Å². The summed E-state index contributed by atoms with van der Waals surface area (Å²) >= 11 is 0. The van der Waals surface area contributed by atoms with Gasteiger partial charge in [-0.05, 0) is 24.5 Å². The van der Waals surface area contributed by atoms with E-state index in [0.29, 0.717) is 5.56 Å². The van der Waals surface area contributed by atoms with E-state index in [1.165, 1.54) is 18.2 Å². The van der Waals surface area contributed by atoms with E-state index in [9.17, 15) is 15.0 Å². The first kappa shape index (κ1) is 9.38. The predicted molar refractivity (Wildman–Crippen MR) is 43.1 cm³/mol. The summed E-state index contributed by atoms with van der Waals surface area (Å²) in [7, 11) is 0. The number of phenolic OH excluding ortho intramolecular Hbond substituents is 2. The van der Waals surface area contributed by atoms with Gasteiger partial charge in [0.15, 0.2) is 0 Å². The lowest BCUT2D eigenvalue weighted by atomic mass is 10.1. The molecule has 0 spiro atoms. The highest BCUT2D eigenvalue weighted by molar-refractivity contribution is 5.64. The number of aliphatic carboxylic acids is 1. The fraction of sp³-hybridized carbons (Fsp3) is 0.222. The number of phenols is 2. The Morgan fingerprint density at radius 3 is 2.62 bits per heavy atom. The molecule has 2 N–H and O–H groups in total. The van der Waals surface area contributed by atoms with Crippen LogP contribution in [-0.2, 0) is 11.2 Å². The first-order valence-electron chi connectivity index (χ1n) is 3.80. The molecule has 0 aliphatic carbocycles. The van der Waals surface area contributed by atoms with Gasteiger partial charge in [0.05, 0.1) is 0 Å². The average Bonchev–Trinajstić information content (AvgIpc) is 2.02. The first-order valence-corrected chi connectivity index (χ1v) is 3.80. The molecule has 0 heterocycles. The third-order valence-corrected chi connectivity index (χ3v) is 1.67. The zero-order chi connectivity index (χ0) is 9.84. The third kappa shape index (κ3) is 2.66. The topological polar surface area (TPSA) is 80.6 Å². The summed E-state index contributed by atoms with van der Waals surface area (Å²) in [4.78, 5) is 10.1. The molecule has 0 radical (unpaired) electrons. The summed E-state index contributed by atoms with van der Waals surface area (Å²) < 4.78 is 0. The summed E-state index contributed by atoms with van der Waals surface area (Å²) in [6.07, 6.45) is 0.0623. The second-order valence-corrected chi connectivity index (χ2v) is 2.69. The van der Waals surface area contributed by atoms with Crippen molar-refractivity contribution >= 4 is 5.97 Å². The van der Waals surface area contributed by atoms with Crippen LogP contribution in [0.5, 0.6) is 11.5 Å². The molecule has 0 aliphatic heterocycles. The molecular formula is C9H9O4-. The van der Waals surface area contributed by atoms with Crippen LogP contribution >= 0.6 is 0 Å². The molecule has 0 aromatic heterocycles. The van der Waals surface area contributed by atoms with Gasteiger partial charge in [0.2, 0.25) is 0 Å². The fourth-order valence-corrected chi connectivity index (χ4v) is 1.00. The van der Waals surface area contributed by atoms with Crippen LogP contribution in [0.15, 0.2) is 18.2 Å². The molecule has 0 atom stereocenters. The summed E-state index contributed by atoms with van der Waals surface area (Å²) in [5.41, 5.74) is 0.488. The summed E-state index contributed by atoms with van der Waals surface area (Å²) in [6.45, 7) is 0. The molecule has 0 aliphatic rings. The highest BCUT2D eigenvalue weighted by atomic mass is 16.4. The molecule has 0 saturated heterocycles. The Morgan fingerprint density at radius 2 is 2.08 bits per heavy atom. The maximum atomic E-state index is 10.1. The molecule has 1 aromatic rings. The van der Waals surface area contributed by atoms with Crippen molar-refractivity contribution in [2.75, 3.05) is 0 Å². The van der Waals surface area contributed by atoms with Crippen molar-refractivity contribution in [3.63, 3.8) is 0 Å². The van der Waals surface area contributed by atoms with Crippen molar-refractivity contribution in [3.05, 3.63) is 23.8 Å².